The summed E-state index contributed by atoms with van der Waals surface area (Å²) in [4.78, 5) is 28.7. The van der Waals surface area contributed by atoms with Gasteiger partial charge in [-0.25, -0.2) is 4.98 Å². The average molecular weight is 444 g/mol. The zero-order valence-electron chi connectivity index (χ0n) is 18.7. The summed E-state index contributed by atoms with van der Waals surface area (Å²) in [5.41, 5.74) is 2.73. The molecule has 1 heterocycles. The van der Waals surface area contributed by atoms with Crippen LogP contribution < -0.4 is 15.4 Å². The number of nitrogens with one attached hydrogen (secondary N) is 2. The van der Waals surface area contributed by atoms with Crippen LogP contribution in [0.3, 0.4) is 0 Å². The Labute approximate surface area is 188 Å². The summed E-state index contributed by atoms with van der Waals surface area (Å²) in [6, 6.07) is 6.24. The van der Waals surface area contributed by atoms with Gasteiger partial charge in [-0.15, -0.1) is 11.3 Å². The van der Waals surface area contributed by atoms with E-state index in [0.29, 0.717) is 37.7 Å². The van der Waals surface area contributed by atoms with E-state index < -0.39 is 0 Å². The summed E-state index contributed by atoms with van der Waals surface area (Å²) in [5.74, 6) is 1.39. The molecule has 2 N–H and O–H groups in total. The number of hydrogen-bond donors (Lipinski definition) is 2. The standard InChI is InChI=1S/C24H33N3O3S/c1-16(2)19-10-9-17(3)13-21(19)30-14-22-27-20(15-31-22)24(29)26-12-6-11-25-23(28)18-7-4-5-8-18/h9-10,13,15-16,18H,4-8,11-12,14H2,1-3H3,(H,25,28)(H,26,29). The number of carbonyl (C=O) groups excluding carboxylic acids is 2. The lowest BCUT2D eigenvalue weighted by Crippen LogP contribution is -2.32. The molecule has 2 amide bonds. The lowest BCUT2D eigenvalue weighted by Gasteiger charge is -2.14. The number of amides is 2. The third-order valence-electron chi connectivity index (χ3n) is 5.59. The highest BCUT2D eigenvalue weighted by atomic mass is 32.1. The Bertz CT molecular complexity index is 888. The zero-order chi connectivity index (χ0) is 22.2. The van der Waals surface area contributed by atoms with Crippen molar-refractivity contribution < 1.29 is 14.3 Å². The molecule has 1 fully saturated rings. The second-order valence-corrected chi connectivity index (χ2v) is 9.44. The van der Waals surface area contributed by atoms with Crippen LogP contribution in [0.5, 0.6) is 5.75 Å². The van der Waals surface area contributed by atoms with Gasteiger partial charge in [-0.2, -0.15) is 0 Å². The Morgan fingerprint density at radius 3 is 2.68 bits per heavy atom. The molecular weight excluding hydrogens is 410 g/mol. The van der Waals surface area contributed by atoms with E-state index in [1.165, 1.54) is 16.9 Å². The Balaban J connectivity index is 1.40. The molecule has 7 heteroatoms. The molecule has 168 valence electrons. The van der Waals surface area contributed by atoms with Gasteiger partial charge >= 0.3 is 0 Å². The molecule has 31 heavy (non-hydrogen) atoms. The molecule has 1 aliphatic rings. The summed E-state index contributed by atoms with van der Waals surface area (Å²) >= 11 is 1.42. The van der Waals surface area contributed by atoms with Gasteiger partial charge in [-0.05, 0) is 49.3 Å². The van der Waals surface area contributed by atoms with Crippen molar-refractivity contribution in [3.05, 3.63) is 45.4 Å². The molecule has 0 radical (unpaired) electrons. The number of nitrogens with zero attached hydrogens (tertiary/aromatic N) is 1. The van der Waals surface area contributed by atoms with Crippen LogP contribution in [0.25, 0.3) is 0 Å². The second kappa shape index (κ2) is 11.3. The van der Waals surface area contributed by atoms with Gasteiger partial charge in [-0.1, -0.05) is 38.8 Å². The van der Waals surface area contributed by atoms with Crippen LogP contribution in [0.4, 0.5) is 0 Å². The number of benzene rings is 1. The quantitative estimate of drug-likeness (QED) is 0.527. The number of rotatable bonds is 10. The smallest absolute Gasteiger partial charge is 0.270 e. The van der Waals surface area contributed by atoms with E-state index in [0.717, 1.165) is 42.0 Å². The molecule has 0 unspecified atom stereocenters. The third-order valence-corrected chi connectivity index (χ3v) is 6.41. The van der Waals surface area contributed by atoms with Gasteiger partial charge in [0.05, 0.1) is 0 Å². The van der Waals surface area contributed by atoms with Crippen molar-refractivity contribution in [2.75, 3.05) is 13.1 Å². The first kappa shape index (κ1) is 23.3. The normalized spacial score (nSPS) is 14.1. The fourth-order valence-corrected chi connectivity index (χ4v) is 4.47. The highest BCUT2D eigenvalue weighted by molar-refractivity contribution is 7.09. The fraction of sp³-hybridized carbons (Fsp3) is 0.542. The zero-order valence-corrected chi connectivity index (χ0v) is 19.5. The van der Waals surface area contributed by atoms with Crippen LogP contribution in [0.1, 0.15) is 78.5 Å². The SMILES string of the molecule is Cc1ccc(C(C)C)c(OCc2nc(C(=O)NCCCNC(=O)C3CCCC3)cs2)c1. The van der Waals surface area contributed by atoms with Gasteiger partial charge in [0.2, 0.25) is 5.91 Å². The molecule has 3 rings (SSSR count). The van der Waals surface area contributed by atoms with Crippen LogP contribution in [0, 0.1) is 12.8 Å². The first-order valence-electron chi connectivity index (χ1n) is 11.2. The van der Waals surface area contributed by atoms with Gasteiger partial charge in [0.1, 0.15) is 23.1 Å². The lowest BCUT2D eigenvalue weighted by atomic mass is 10.0. The Hall–Kier alpha value is -2.41. The number of ether oxygens (including phenoxy) is 1. The molecule has 6 nitrogen and oxygen atoms in total. The Morgan fingerprint density at radius 1 is 1.19 bits per heavy atom. The maximum atomic E-state index is 12.3. The number of thiazole rings is 1. The Kier molecular flexibility index (Phi) is 8.46. The van der Waals surface area contributed by atoms with Gasteiger partial charge in [0, 0.05) is 24.4 Å². The van der Waals surface area contributed by atoms with Crippen molar-refractivity contribution in [1.29, 1.82) is 0 Å². The van der Waals surface area contributed by atoms with E-state index in [-0.39, 0.29) is 17.7 Å². The topological polar surface area (TPSA) is 80.3 Å². The van der Waals surface area contributed by atoms with E-state index >= 15 is 0 Å². The van der Waals surface area contributed by atoms with Crippen LogP contribution in [0.15, 0.2) is 23.6 Å². The van der Waals surface area contributed by atoms with E-state index in [2.05, 4.69) is 41.6 Å². The molecule has 2 aromatic rings. The van der Waals surface area contributed by atoms with Crippen LogP contribution >= 0.6 is 11.3 Å². The minimum absolute atomic E-state index is 0.155. The number of aryl methyl sites for hydroxylation is 1. The first-order valence-corrected chi connectivity index (χ1v) is 12.1. The summed E-state index contributed by atoms with van der Waals surface area (Å²) in [5, 5.41) is 8.37. The molecule has 1 saturated carbocycles. The van der Waals surface area contributed by atoms with Gasteiger partial charge in [-0.3, -0.25) is 9.59 Å². The number of hydrogen-bond acceptors (Lipinski definition) is 5. The van der Waals surface area contributed by atoms with Gasteiger partial charge in [0.25, 0.3) is 5.91 Å². The van der Waals surface area contributed by atoms with Crippen LogP contribution in [-0.2, 0) is 11.4 Å². The fourth-order valence-electron chi connectivity index (χ4n) is 3.79. The van der Waals surface area contributed by atoms with Crippen LogP contribution in [-0.4, -0.2) is 29.9 Å². The summed E-state index contributed by atoms with van der Waals surface area (Å²) in [6.07, 6.45) is 5.01. The predicted octanol–water partition coefficient (Wildman–Crippen LogP) is 4.58. The van der Waals surface area contributed by atoms with E-state index in [9.17, 15) is 9.59 Å². The molecule has 0 aliphatic heterocycles. The monoisotopic (exact) mass is 443 g/mol. The minimum atomic E-state index is -0.192. The highest BCUT2D eigenvalue weighted by Gasteiger charge is 2.22. The lowest BCUT2D eigenvalue weighted by molar-refractivity contribution is -0.124. The van der Waals surface area contributed by atoms with Crippen molar-refractivity contribution in [3.8, 4) is 5.75 Å². The molecule has 1 aromatic heterocycles. The van der Waals surface area contributed by atoms with Gasteiger partial charge < -0.3 is 15.4 Å². The van der Waals surface area contributed by atoms with Gasteiger partial charge in [0.15, 0.2) is 0 Å². The van der Waals surface area contributed by atoms with Crippen molar-refractivity contribution in [1.82, 2.24) is 15.6 Å². The molecule has 0 spiro atoms. The van der Waals surface area contributed by atoms with Crippen molar-refractivity contribution >= 4 is 23.2 Å². The molecular formula is C24H33N3O3S. The molecule has 0 atom stereocenters. The van der Waals surface area contributed by atoms with Crippen molar-refractivity contribution in [3.63, 3.8) is 0 Å². The molecule has 0 bridgehead atoms. The van der Waals surface area contributed by atoms with Crippen molar-refractivity contribution in [2.45, 2.75) is 65.4 Å². The minimum Gasteiger partial charge on any atom is -0.486 e. The maximum absolute atomic E-state index is 12.3. The largest absolute Gasteiger partial charge is 0.486 e. The van der Waals surface area contributed by atoms with E-state index in [1.807, 2.05) is 13.0 Å². The summed E-state index contributed by atoms with van der Waals surface area (Å²) in [7, 11) is 0. The van der Waals surface area contributed by atoms with E-state index in [4.69, 9.17) is 4.74 Å². The first-order chi connectivity index (χ1) is 14.9. The maximum Gasteiger partial charge on any atom is 0.270 e. The summed E-state index contributed by atoms with van der Waals surface area (Å²) < 4.78 is 6.01. The molecule has 0 saturated heterocycles. The Morgan fingerprint density at radius 2 is 1.94 bits per heavy atom. The molecule has 1 aliphatic carbocycles. The average Bonchev–Trinajstić information content (AvgIpc) is 3.44. The van der Waals surface area contributed by atoms with Crippen LogP contribution in [0.2, 0.25) is 0 Å². The summed E-state index contributed by atoms with van der Waals surface area (Å²) in [6.45, 7) is 7.76. The number of carbonyl (C=O) groups is 2. The van der Waals surface area contributed by atoms with E-state index in [1.54, 1.807) is 5.38 Å². The molecule has 1 aromatic carbocycles. The second-order valence-electron chi connectivity index (χ2n) is 8.49. The highest BCUT2D eigenvalue weighted by Crippen LogP contribution is 2.28. The van der Waals surface area contributed by atoms with Crippen molar-refractivity contribution in [2.24, 2.45) is 5.92 Å². The predicted molar refractivity (Wildman–Crippen MR) is 124 cm³/mol. The third kappa shape index (κ3) is 6.79. The number of aromatic nitrogens is 1.